The molecule has 1 aromatic rings. The minimum Gasteiger partial charge on any atom is -0.476 e. The Balaban J connectivity index is 2.40. The van der Waals surface area contributed by atoms with Crippen molar-refractivity contribution >= 4 is 11.6 Å². The van der Waals surface area contributed by atoms with Crippen LogP contribution in [-0.2, 0) is 11.4 Å². The molecule has 0 bridgehead atoms. The fraction of sp³-hybridized carbons (Fsp3) is 0.533. The summed E-state index contributed by atoms with van der Waals surface area (Å²) < 4.78 is 5.78. The van der Waals surface area contributed by atoms with Crippen LogP contribution < -0.4 is 9.64 Å². The number of rotatable bonds is 4. The van der Waals surface area contributed by atoms with Gasteiger partial charge in [0.1, 0.15) is 5.75 Å². The summed E-state index contributed by atoms with van der Waals surface area (Å²) in [4.78, 5) is 16.3. The maximum Gasteiger partial charge on any atom is 0.270 e. The Bertz CT molecular complexity index is 512. The van der Waals surface area contributed by atoms with E-state index in [9.17, 15) is 9.90 Å². The van der Waals surface area contributed by atoms with Gasteiger partial charge in [-0.3, -0.25) is 4.79 Å². The molecule has 0 saturated heterocycles. The van der Waals surface area contributed by atoms with E-state index >= 15 is 0 Å². The highest BCUT2D eigenvalue weighted by molar-refractivity contribution is 6.02. The Morgan fingerprint density at radius 1 is 1.35 bits per heavy atom. The van der Waals surface area contributed by atoms with E-state index in [1.165, 1.54) is 0 Å². The summed E-state index contributed by atoms with van der Waals surface area (Å²) in [5, 5.41) is 9.26. The average Bonchev–Trinajstić information content (AvgIpc) is 2.38. The van der Waals surface area contributed by atoms with Crippen molar-refractivity contribution in [1.82, 2.24) is 4.90 Å². The number of hydrogen-bond acceptors (Lipinski definition) is 4. The van der Waals surface area contributed by atoms with E-state index in [1.54, 1.807) is 18.7 Å². The number of aliphatic hydroxyl groups excluding tert-OH is 1. The van der Waals surface area contributed by atoms with Crippen LogP contribution in [-0.4, -0.2) is 48.7 Å². The first-order valence-electron chi connectivity index (χ1n) is 6.74. The number of carbonyl (C=O) groups excluding carboxylic acids is 1. The lowest BCUT2D eigenvalue weighted by atomic mass is 10.0. The normalized spacial score (nSPS) is 17.1. The third-order valence-electron chi connectivity index (χ3n) is 3.39. The number of anilines is 1. The molecule has 1 heterocycles. The van der Waals surface area contributed by atoms with Crippen molar-refractivity contribution in [2.75, 3.05) is 32.1 Å². The number of aliphatic hydroxyl groups is 1. The number of fused-ring (bicyclic) bond motifs is 1. The lowest BCUT2D eigenvalue weighted by Crippen LogP contribution is -2.53. The molecule has 1 aromatic carbocycles. The predicted molar refractivity (Wildman–Crippen MR) is 78.0 cm³/mol. The summed E-state index contributed by atoms with van der Waals surface area (Å²) in [6, 6.07) is 5.45. The zero-order valence-electron chi connectivity index (χ0n) is 12.5. The van der Waals surface area contributed by atoms with E-state index < -0.39 is 5.60 Å². The number of benzene rings is 1. The van der Waals surface area contributed by atoms with Crippen LogP contribution in [0.15, 0.2) is 18.2 Å². The summed E-state index contributed by atoms with van der Waals surface area (Å²) in [6.07, 6.45) is 0. The zero-order chi connectivity index (χ0) is 14.9. The number of nitrogens with zero attached hydrogens (tertiary/aromatic N) is 2. The van der Waals surface area contributed by atoms with E-state index in [2.05, 4.69) is 0 Å². The van der Waals surface area contributed by atoms with Gasteiger partial charge in [-0.25, -0.2) is 0 Å². The molecule has 0 radical (unpaired) electrons. The maximum absolute atomic E-state index is 12.5. The van der Waals surface area contributed by atoms with Crippen LogP contribution in [0.3, 0.4) is 0 Å². The molecule has 0 fully saturated rings. The van der Waals surface area contributed by atoms with Crippen molar-refractivity contribution in [2.24, 2.45) is 0 Å². The second-order valence-corrected chi connectivity index (χ2v) is 5.83. The van der Waals surface area contributed by atoms with Gasteiger partial charge in [0.05, 0.1) is 12.3 Å². The molecule has 0 unspecified atom stereocenters. The van der Waals surface area contributed by atoms with Gasteiger partial charge in [0, 0.05) is 13.1 Å². The minimum atomic E-state index is -0.861. The zero-order valence-corrected chi connectivity index (χ0v) is 12.5. The Morgan fingerprint density at radius 3 is 2.65 bits per heavy atom. The molecule has 0 atom stereocenters. The van der Waals surface area contributed by atoms with Crippen LogP contribution in [0.4, 0.5) is 5.69 Å². The smallest absolute Gasteiger partial charge is 0.270 e. The van der Waals surface area contributed by atoms with Crippen LogP contribution in [0.5, 0.6) is 5.75 Å². The maximum atomic E-state index is 12.5. The van der Waals surface area contributed by atoms with Gasteiger partial charge in [-0.15, -0.1) is 0 Å². The molecule has 1 amide bonds. The Morgan fingerprint density at radius 2 is 2.05 bits per heavy atom. The van der Waals surface area contributed by atoms with Gasteiger partial charge in [0.25, 0.3) is 5.91 Å². The molecule has 5 nitrogen and oxygen atoms in total. The number of carbonyl (C=O) groups is 1. The van der Waals surface area contributed by atoms with Gasteiger partial charge < -0.3 is 19.6 Å². The summed E-state index contributed by atoms with van der Waals surface area (Å²) >= 11 is 0. The van der Waals surface area contributed by atoms with Crippen LogP contribution in [0, 0.1) is 0 Å². The fourth-order valence-electron chi connectivity index (χ4n) is 2.23. The number of amides is 1. The molecule has 1 aliphatic rings. The highest BCUT2D eigenvalue weighted by atomic mass is 16.5. The first-order valence-corrected chi connectivity index (χ1v) is 6.74. The Kier molecular flexibility index (Phi) is 4.01. The van der Waals surface area contributed by atoms with Crippen LogP contribution >= 0.6 is 0 Å². The van der Waals surface area contributed by atoms with E-state index in [4.69, 9.17) is 4.74 Å². The Labute approximate surface area is 119 Å². The molecule has 1 N–H and O–H groups in total. The van der Waals surface area contributed by atoms with Crippen molar-refractivity contribution in [3.05, 3.63) is 23.8 Å². The molecule has 20 heavy (non-hydrogen) atoms. The van der Waals surface area contributed by atoms with Crippen molar-refractivity contribution in [3.63, 3.8) is 0 Å². The molecule has 5 heteroatoms. The summed E-state index contributed by atoms with van der Waals surface area (Å²) in [5.41, 5.74) is 0.650. The standard InChI is InChI=1S/C15H22N2O3/c1-15(2)14(19)17(8-7-16(3)4)12-9-11(10-18)5-6-13(12)20-15/h5-6,9,18H,7-8,10H2,1-4H3. The molecule has 0 saturated carbocycles. The molecule has 110 valence electrons. The summed E-state index contributed by atoms with van der Waals surface area (Å²) in [6.45, 7) is 4.87. The first kappa shape index (κ1) is 14.8. The number of likely N-dealkylation sites (N-methyl/N-ethyl adjacent to an activating group) is 1. The van der Waals surface area contributed by atoms with Gasteiger partial charge in [0.15, 0.2) is 5.60 Å². The van der Waals surface area contributed by atoms with E-state index in [-0.39, 0.29) is 12.5 Å². The fourth-order valence-corrected chi connectivity index (χ4v) is 2.23. The van der Waals surface area contributed by atoms with E-state index in [0.29, 0.717) is 12.3 Å². The van der Waals surface area contributed by atoms with Crippen LogP contribution in [0.2, 0.25) is 0 Å². The van der Waals surface area contributed by atoms with Gasteiger partial charge in [-0.2, -0.15) is 0 Å². The average molecular weight is 278 g/mol. The lowest BCUT2D eigenvalue weighted by Gasteiger charge is -2.39. The summed E-state index contributed by atoms with van der Waals surface area (Å²) in [5.74, 6) is 0.632. The molecule has 0 spiro atoms. The van der Waals surface area contributed by atoms with E-state index in [0.717, 1.165) is 17.8 Å². The van der Waals surface area contributed by atoms with E-state index in [1.807, 2.05) is 37.2 Å². The second kappa shape index (κ2) is 5.42. The van der Waals surface area contributed by atoms with Crippen LogP contribution in [0.1, 0.15) is 19.4 Å². The van der Waals surface area contributed by atoms with Gasteiger partial charge in [-0.1, -0.05) is 6.07 Å². The number of ether oxygens (including phenoxy) is 1. The SMILES string of the molecule is CN(C)CCN1C(=O)C(C)(C)Oc2ccc(CO)cc21. The van der Waals surface area contributed by atoms with Crippen LogP contribution in [0.25, 0.3) is 0 Å². The quantitative estimate of drug-likeness (QED) is 0.900. The third-order valence-corrected chi connectivity index (χ3v) is 3.39. The predicted octanol–water partition coefficient (Wildman–Crippen LogP) is 1.24. The topological polar surface area (TPSA) is 53.0 Å². The Hall–Kier alpha value is -1.59. The largest absolute Gasteiger partial charge is 0.476 e. The molecule has 2 rings (SSSR count). The summed E-state index contributed by atoms with van der Waals surface area (Å²) in [7, 11) is 3.95. The first-order chi connectivity index (χ1) is 9.35. The molecular formula is C15H22N2O3. The van der Waals surface area contributed by atoms with Gasteiger partial charge in [-0.05, 0) is 45.6 Å². The highest BCUT2D eigenvalue weighted by Crippen LogP contribution is 2.38. The van der Waals surface area contributed by atoms with Crippen molar-refractivity contribution in [1.29, 1.82) is 0 Å². The number of hydrogen-bond donors (Lipinski definition) is 1. The monoisotopic (exact) mass is 278 g/mol. The van der Waals surface area contributed by atoms with Gasteiger partial charge in [0.2, 0.25) is 0 Å². The highest BCUT2D eigenvalue weighted by Gasteiger charge is 2.40. The van der Waals surface area contributed by atoms with Crippen molar-refractivity contribution in [2.45, 2.75) is 26.1 Å². The van der Waals surface area contributed by atoms with Crippen molar-refractivity contribution in [3.8, 4) is 5.75 Å². The minimum absolute atomic E-state index is 0.0492. The molecule has 1 aliphatic heterocycles. The molecule has 0 aliphatic carbocycles. The second-order valence-electron chi connectivity index (χ2n) is 5.83. The lowest BCUT2D eigenvalue weighted by molar-refractivity contribution is -0.132. The van der Waals surface area contributed by atoms with Crippen molar-refractivity contribution < 1.29 is 14.6 Å². The molecule has 0 aromatic heterocycles. The molecular weight excluding hydrogens is 256 g/mol. The third kappa shape index (κ3) is 2.78. The van der Waals surface area contributed by atoms with Gasteiger partial charge >= 0.3 is 0 Å².